The number of nitrogens with zero attached hydrogens (tertiary/aromatic N) is 2. The molecule has 2 aliphatic heterocycles. The number of halogens is 1. The summed E-state index contributed by atoms with van der Waals surface area (Å²) < 4.78 is 0. The number of carbonyl (C=O) groups is 3. The number of imide groups is 1. The Labute approximate surface area is 223 Å². The summed E-state index contributed by atoms with van der Waals surface area (Å²) in [4.78, 5) is 46.1. The van der Waals surface area contributed by atoms with Crippen LogP contribution in [-0.4, -0.2) is 28.7 Å². The molecule has 2 saturated heterocycles. The second-order valence-corrected chi connectivity index (χ2v) is 10.9. The van der Waals surface area contributed by atoms with Crippen molar-refractivity contribution in [3.05, 3.63) is 123 Å². The van der Waals surface area contributed by atoms with Gasteiger partial charge in [0.25, 0.3) is 5.91 Å². The maximum Gasteiger partial charge on any atom is 0.332 e. The molecule has 37 heavy (non-hydrogen) atoms. The summed E-state index contributed by atoms with van der Waals surface area (Å²) in [6.07, 6.45) is 0. The molecule has 3 heterocycles. The fourth-order valence-electron chi connectivity index (χ4n) is 5.72. The van der Waals surface area contributed by atoms with E-state index in [4.69, 9.17) is 11.6 Å². The quantitative estimate of drug-likeness (QED) is 0.210. The molecule has 2 aliphatic rings. The monoisotopic (exact) mass is 526 g/mol. The largest absolute Gasteiger partial charge is 0.332 e. The number of rotatable bonds is 5. The van der Waals surface area contributed by atoms with Crippen molar-refractivity contribution in [2.75, 3.05) is 4.90 Å². The highest BCUT2D eigenvalue weighted by molar-refractivity contribution is 7.10. The Bertz CT molecular complexity index is 1490. The van der Waals surface area contributed by atoms with E-state index < -0.39 is 30.0 Å². The van der Waals surface area contributed by atoms with Gasteiger partial charge in [-0.3, -0.25) is 9.59 Å². The van der Waals surface area contributed by atoms with Crippen LogP contribution in [0.2, 0.25) is 5.02 Å². The van der Waals surface area contributed by atoms with Crippen LogP contribution < -0.4 is 4.90 Å². The van der Waals surface area contributed by atoms with Gasteiger partial charge in [-0.25, -0.2) is 9.69 Å². The third-order valence-electron chi connectivity index (χ3n) is 7.26. The fourth-order valence-corrected chi connectivity index (χ4v) is 6.72. The zero-order valence-electron chi connectivity index (χ0n) is 20.0. The van der Waals surface area contributed by atoms with Crippen LogP contribution in [0.5, 0.6) is 0 Å². The van der Waals surface area contributed by atoms with Crippen molar-refractivity contribution in [1.82, 2.24) is 4.90 Å². The van der Waals surface area contributed by atoms with E-state index in [1.807, 2.05) is 73.0 Å². The Balaban J connectivity index is 1.54. The molecule has 4 atom stereocenters. The highest BCUT2D eigenvalue weighted by Gasteiger charge is 2.63. The van der Waals surface area contributed by atoms with Gasteiger partial charge in [0.15, 0.2) is 5.78 Å². The Hall–Kier alpha value is -3.74. The summed E-state index contributed by atoms with van der Waals surface area (Å²) in [5.74, 6) is -1.57. The molecule has 184 valence electrons. The molecule has 3 amide bonds. The summed E-state index contributed by atoms with van der Waals surface area (Å²) >= 11 is 7.59. The van der Waals surface area contributed by atoms with E-state index in [1.54, 1.807) is 35.2 Å². The molecule has 0 spiro atoms. The Kier molecular flexibility index (Phi) is 5.94. The minimum Gasteiger partial charge on any atom is -0.303 e. The van der Waals surface area contributed by atoms with Crippen LogP contribution in [0.3, 0.4) is 0 Å². The first-order valence-corrected chi connectivity index (χ1v) is 13.3. The number of hydrogen-bond donors (Lipinski definition) is 0. The Morgan fingerprint density at radius 3 is 2.30 bits per heavy atom. The molecule has 2 fully saturated rings. The lowest BCUT2D eigenvalue weighted by atomic mass is 9.77. The van der Waals surface area contributed by atoms with E-state index in [0.29, 0.717) is 16.3 Å². The molecule has 0 bridgehead atoms. The second kappa shape index (κ2) is 9.29. The maximum atomic E-state index is 14.2. The molecular formula is C30H23ClN2O3S. The first-order chi connectivity index (χ1) is 18.0. The molecule has 7 heteroatoms. The maximum absolute atomic E-state index is 14.2. The predicted octanol–water partition coefficient (Wildman–Crippen LogP) is 6.88. The Morgan fingerprint density at radius 2 is 1.62 bits per heavy atom. The van der Waals surface area contributed by atoms with Crippen LogP contribution in [0.15, 0.2) is 96.4 Å². The van der Waals surface area contributed by atoms with E-state index >= 15 is 0 Å². The number of Topliss-reactive ketones (excluding diaryl/α,β-unsaturated/α-hetero) is 1. The first-order valence-electron chi connectivity index (χ1n) is 12.1. The van der Waals surface area contributed by atoms with E-state index in [1.165, 1.54) is 16.2 Å². The van der Waals surface area contributed by atoms with Crippen LogP contribution in [0, 0.1) is 12.8 Å². The lowest BCUT2D eigenvalue weighted by Gasteiger charge is -2.28. The molecule has 3 aromatic carbocycles. The fraction of sp³-hybridized carbons (Fsp3) is 0.167. The van der Waals surface area contributed by atoms with Gasteiger partial charge in [-0.1, -0.05) is 60.1 Å². The predicted molar refractivity (Wildman–Crippen MR) is 145 cm³/mol. The van der Waals surface area contributed by atoms with Crippen LogP contribution in [-0.2, 0) is 4.79 Å². The standard InChI is InChI=1S/C30H23ClN2O3S/c1-18-7-5-10-22(17-18)32-29(35)27-24(19-8-3-2-4-9-19)25(28(34)20-12-14-21(31)15-13-20)26(33(27)30(32)36)23-11-6-16-37-23/h2-17,24-27H,1H3. The highest BCUT2D eigenvalue weighted by Crippen LogP contribution is 2.55. The van der Waals surface area contributed by atoms with Crippen molar-refractivity contribution in [2.45, 2.75) is 24.9 Å². The molecule has 0 radical (unpaired) electrons. The van der Waals surface area contributed by atoms with Gasteiger partial charge in [-0.05, 0) is 65.9 Å². The highest BCUT2D eigenvalue weighted by atomic mass is 35.5. The number of urea groups is 1. The van der Waals surface area contributed by atoms with Gasteiger partial charge in [0, 0.05) is 21.4 Å². The molecule has 0 aliphatic carbocycles. The summed E-state index contributed by atoms with van der Waals surface area (Å²) in [5, 5.41) is 2.47. The molecule has 5 nitrogen and oxygen atoms in total. The SMILES string of the molecule is Cc1cccc(N2C(=O)C3C(c4ccccc4)C(C(=O)c4ccc(Cl)cc4)C(c4cccs4)N3C2=O)c1. The average molecular weight is 527 g/mol. The number of ketones is 1. The molecule has 4 unspecified atom stereocenters. The minimum atomic E-state index is -0.802. The van der Waals surface area contributed by atoms with E-state index in [0.717, 1.165) is 16.0 Å². The number of carbonyl (C=O) groups excluding carboxylic acids is 3. The number of hydrogen-bond acceptors (Lipinski definition) is 4. The topological polar surface area (TPSA) is 57.7 Å². The second-order valence-electron chi connectivity index (χ2n) is 9.44. The van der Waals surface area contributed by atoms with Crippen molar-refractivity contribution in [1.29, 1.82) is 0 Å². The van der Waals surface area contributed by atoms with Gasteiger partial charge in [0.1, 0.15) is 6.04 Å². The lowest BCUT2D eigenvalue weighted by Crippen LogP contribution is -2.38. The van der Waals surface area contributed by atoms with Gasteiger partial charge in [0.05, 0.1) is 17.6 Å². The van der Waals surface area contributed by atoms with E-state index in [2.05, 4.69) is 0 Å². The van der Waals surface area contributed by atoms with Crippen molar-refractivity contribution in [2.24, 2.45) is 5.92 Å². The van der Waals surface area contributed by atoms with Gasteiger partial charge >= 0.3 is 6.03 Å². The van der Waals surface area contributed by atoms with Crippen LogP contribution in [0.4, 0.5) is 10.5 Å². The average Bonchev–Trinajstić information content (AvgIpc) is 3.61. The zero-order valence-corrected chi connectivity index (χ0v) is 21.5. The Morgan fingerprint density at radius 1 is 0.865 bits per heavy atom. The summed E-state index contributed by atoms with van der Waals surface area (Å²) in [5.41, 5.74) is 2.86. The number of anilines is 1. The third-order valence-corrected chi connectivity index (χ3v) is 8.46. The lowest BCUT2D eigenvalue weighted by molar-refractivity contribution is -0.119. The number of benzene rings is 3. The molecule has 0 N–H and O–H groups in total. The van der Waals surface area contributed by atoms with E-state index in [-0.39, 0.29) is 11.7 Å². The number of fused-ring (bicyclic) bond motifs is 1. The minimum absolute atomic E-state index is 0.110. The van der Waals surface area contributed by atoms with Crippen molar-refractivity contribution < 1.29 is 14.4 Å². The van der Waals surface area contributed by atoms with Crippen LogP contribution in [0.1, 0.15) is 38.3 Å². The van der Waals surface area contributed by atoms with E-state index in [9.17, 15) is 14.4 Å². The zero-order chi connectivity index (χ0) is 25.7. The number of amides is 3. The van der Waals surface area contributed by atoms with Crippen LogP contribution >= 0.6 is 22.9 Å². The first kappa shape index (κ1) is 23.6. The molecular weight excluding hydrogens is 504 g/mol. The molecule has 0 saturated carbocycles. The van der Waals surface area contributed by atoms with Gasteiger partial charge in [-0.15, -0.1) is 11.3 Å². The summed E-state index contributed by atoms with van der Waals surface area (Å²) in [7, 11) is 0. The normalized spacial score (nSPS) is 23.0. The van der Waals surface area contributed by atoms with Crippen molar-refractivity contribution >= 4 is 46.3 Å². The molecule has 6 rings (SSSR count). The molecule has 4 aromatic rings. The number of aryl methyl sites for hydroxylation is 1. The van der Waals surface area contributed by atoms with Crippen LogP contribution in [0.25, 0.3) is 0 Å². The van der Waals surface area contributed by atoms with Crippen molar-refractivity contribution in [3.8, 4) is 0 Å². The number of thiophene rings is 1. The van der Waals surface area contributed by atoms with Gasteiger partial charge in [-0.2, -0.15) is 0 Å². The summed E-state index contributed by atoms with van der Waals surface area (Å²) in [6, 6.07) is 25.9. The smallest absolute Gasteiger partial charge is 0.303 e. The van der Waals surface area contributed by atoms with Gasteiger partial charge in [0.2, 0.25) is 0 Å². The van der Waals surface area contributed by atoms with Crippen molar-refractivity contribution in [3.63, 3.8) is 0 Å². The van der Waals surface area contributed by atoms with Gasteiger partial charge < -0.3 is 4.90 Å². The third kappa shape index (κ3) is 3.88. The molecule has 1 aromatic heterocycles. The summed E-state index contributed by atoms with van der Waals surface area (Å²) in [6.45, 7) is 1.93.